The van der Waals surface area contributed by atoms with Gasteiger partial charge in [-0.3, -0.25) is 9.59 Å². The molecular weight excluding hydrogens is 410 g/mol. The molecule has 1 aliphatic rings. The number of hydrogen-bond acceptors (Lipinski definition) is 3. The summed E-state index contributed by atoms with van der Waals surface area (Å²) in [6.45, 7) is 0.524. The Kier molecular flexibility index (Phi) is 5.60. The van der Waals surface area contributed by atoms with Crippen molar-refractivity contribution in [2.45, 2.75) is 6.42 Å². The lowest BCUT2D eigenvalue weighted by Crippen LogP contribution is -2.25. The predicted octanol–water partition coefficient (Wildman–Crippen LogP) is 5.64. The predicted molar refractivity (Wildman–Crippen MR) is 132 cm³/mol. The molecule has 0 aliphatic carbocycles. The van der Waals surface area contributed by atoms with Crippen molar-refractivity contribution in [1.29, 1.82) is 0 Å². The fraction of sp³-hybridized carbons (Fsp3) is 0.0714. The maximum absolute atomic E-state index is 12.7. The lowest BCUT2D eigenvalue weighted by atomic mass is 10.0. The van der Waals surface area contributed by atoms with Gasteiger partial charge in [-0.15, -0.1) is 0 Å². The van der Waals surface area contributed by atoms with E-state index in [1.807, 2.05) is 42.5 Å². The molecule has 1 heterocycles. The molecule has 33 heavy (non-hydrogen) atoms. The zero-order valence-electron chi connectivity index (χ0n) is 18.0. The van der Waals surface area contributed by atoms with E-state index in [0.29, 0.717) is 23.4 Å². The molecule has 2 amide bonds. The van der Waals surface area contributed by atoms with Crippen molar-refractivity contribution >= 4 is 28.9 Å². The van der Waals surface area contributed by atoms with Crippen LogP contribution < -0.4 is 16.0 Å². The van der Waals surface area contributed by atoms with Gasteiger partial charge in [0.1, 0.15) is 0 Å². The molecule has 162 valence electrons. The highest BCUT2D eigenvalue weighted by Crippen LogP contribution is 2.32. The van der Waals surface area contributed by atoms with E-state index in [9.17, 15) is 9.59 Å². The fourth-order valence-electron chi connectivity index (χ4n) is 3.94. The number of carbonyl (C=O) groups is 2. The van der Waals surface area contributed by atoms with Crippen LogP contribution in [0.1, 0.15) is 26.3 Å². The zero-order valence-corrected chi connectivity index (χ0v) is 18.0. The molecule has 0 aromatic heterocycles. The Morgan fingerprint density at radius 2 is 1.42 bits per heavy atom. The van der Waals surface area contributed by atoms with E-state index in [0.717, 1.165) is 23.4 Å². The van der Waals surface area contributed by atoms with Gasteiger partial charge in [-0.25, -0.2) is 0 Å². The maximum Gasteiger partial charge on any atom is 0.257 e. The SMILES string of the molecule is O=C(NCCc1ccc(-c2ccccc2)cc1)c1ccc2c(c1)NC(=O)c1ccccc1N2. The van der Waals surface area contributed by atoms with E-state index in [2.05, 4.69) is 52.3 Å². The van der Waals surface area contributed by atoms with Crippen LogP contribution in [0.2, 0.25) is 0 Å². The minimum Gasteiger partial charge on any atom is -0.353 e. The fourth-order valence-corrected chi connectivity index (χ4v) is 3.94. The van der Waals surface area contributed by atoms with Gasteiger partial charge >= 0.3 is 0 Å². The number of nitrogens with one attached hydrogen (secondary N) is 3. The number of rotatable bonds is 5. The van der Waals surface area contributed by atoms with Crippen molar-refractivity contribution in [2.75, 3.05) is 17.2 Å². The molecule has 0 atom stereocenters. The largest absolute Gasteiger partial charge is 0.353 e. The van der Waals surface area contributed by atoms with Crippen LogP contribution >= 0.6 is 0 Å². The smallest absolute Gasteiger partial charge is 0.257 e. The van der Waals surface area contributed by atoms with Crippen LogP contribution in [-0.4, -0.2) is 18.4 Å². The molecule has 5 rings (SSSR count). The Morgan fingerprint density at radius 3 is 2.24 bits per heavy atom. The van der Waals surface area contributed by atoms with Crippen LogP contribution in [0.3, 0.4) is 0 Å². The van der Waals surface area contributed by atoms with Gasteiger partial charge in [0.15, 0.2) is 0 Å². The number of hydrogen-bond donors (Lipinski definition) is 3. The molecule has 4 aromatic rings. The van der Waals surface area contributed by atoms with Crippen LogP contribution in [0.15, 0.2) is 97.1 Å². The molecular formula is C28H23N3O2. The molecule has 0 radical (unpaired) electrons. The summed E-state index contributed by atoms with van der Waals surface area (Å²) in [4.78, 5) is 25.2. The number of amides is 2. The first-order valence-corrected chi connectivity index (χ1v) is 10.9. The third kappa shape index (κ3) is 4.48. The second kappa shape index (κ2) is 9.01. The average Bonchev–Trinajstić information content (AvgIpc) is 3.00. The van der Waals surface area contributed by atoms with Crippen LogP contribution in [0.5, 0.6) is 0 Å². The van der Waals surface area contributed by atoms with Crippen molar-refractivity contribution in [1.82, 2.24) is 5.32 Å². The quantitative estimate of drug-likeness (QED) is 0.382. The normalized spacial score (nSPS) is 11.9. The molecule has 5 heteroatoms. The number of carbonyl (C=O) groups excluding carboxylic acids is 2. The molecule has 1 aliphatic heterocycles. The van der Waals surface area contributed by atoms with Crippen LogP contribution in [-0.2, 0) is 6.42 Å². The van der Waals surface area contributed by atoms with Gasteiger partial charge in [0.2, 0.25) is 0 Å². The molecule has 0 saturated carbocycles. The first-order chi connectivity index (χ1) is 16.2. The van der Waals surface area contributed by atoms with Gasteiger partial charge < -0.3 is 16.0 Å². The third-order valence-corrected chi connectivity index (χ3v) is 5.73. The van der Waals surface area contributed by atoms with Gasteiger partial charge in [-0.05, 0) is 53.4 Å². The number of fused-ring (bicyclic) bond motifs is 2. The molecule has 0 spiro atoms. The maximum atomic E-state index is 12.7. The van der Waals surface area contributed by atoms with E-state index in [-0.39, 0.29) is 11.8 Å². The summed E-state index contributed by atoms with van der Waals surface area (Å²) in [7, 11) is 0. The summed E-state index contributed by atoms with van der Waals surface area (Å²) in [6.07, 6.45) is 0.735. The zero-order chi connectivity index (χ0) is 22.6. The van der Waals surface area contributed by atoms with Gasteiger partial charge in [-0.1, -0.05) is 66.7 Å². The molecule has 0 unspecified atom stereocenters. The highest BCUT2D eigenvalue weighted by Gasteiger charge is 2.19. The van der Waals surface area contributed by atoms with Crippen molar-refractivity contribution in [3.8, 4) is 11.1 Å². The second-order valence-electron chi connectivity index (χ2n) is 7.95. The summed E-state index contributed by atoms with van der Waals surface area (Å²) >= 11 is 0. The van der Waals surface area contributed by atoms with E-state index in [1.165, 1.54) is 11.1 Å². The average molecular weight is 434 g/mol. The summed E-state index contributed by atoms with van der Waals surface area (Å²) in [5.74, 6) is -0.372. The number of benzene rings is 4. The minimum atomic E-state index is -0.201. The summed E-state index contributed by atoms with van der Waals surface area (Å²) in [6, 6.07) is 31.2. The second-order valence-corrected chi connectivity index (χ2v) is 7.95. The Labute approximate surface area is 192 Å². The molecule has 5 nitrogen and oxygen atoms in total. The van der Waals surface area contributed by atoms with E-state index in [4.69, 9.17) is 0 Å². The van der Waals surface area contributed by atoms with E-state index in [1.54, 1.807) is 18.2 Å². The number of para-hydroxylation sites is 1. The first-order valence-electron chi connectivity index (χ1n) is 10.9. The lowest BCUT2D eigenvalue weighted by molar-refractivity contribution is 0.0952. The standard InChI is InChI=1S/C28H23N3O2/c32-27(29-17-16-19-10-12-21(13-11-19)20-6-2-1-3-7-20)22-14-15-25-26(18-22)31-28(33)23-8-4-5-9-24(23)30-25/h1-15,18,30H,16-17H2,(H,29,32)(H,31,33). The minimum absolute atomic E-state index is 0.172. The molecule has 0 fully saturated rings. The van der Waals surface area contributed by atoms with Crippen molar-refractivity contribution in [2.24, 2.45) is 0 Å². The summed E-state index contributed by atoms with van der Waals surface area (Å²) < 4.78 is 0. The van der Waals surface area contributed by atoms with Crippen LogP contribution in [0.25, 0.3) is 11.1 Å². The monoisotopic (exact) mass is 433 g/mol. The molecule has 0 bridgehead atoms. The third-order valence-electron chi connectivity index (χ3n) is 5.73. The van der Waals surface area contributed by atoms with Gasteiger partial charge in [-0.2, -0.15) is 0 Å². The van der Waals surface area contributed by atoms with E-state index < -0.39 is 0 Å². The van der Waals surface area contributed by atoms with Gasteiger partial charge in [0.25, 0.3) is 11.8 Å². The van der Waals surface area contributed by atoms with Crippen LogP contribution in [0.4, 0.5) is 17.1 Å². The van der Waals surface area contributed by atoms with Crippen LogP contribution in [0, 0.1) is 0 Å². The molecule has 3 N–H and O–H groups in total. The summed E-state index contributed by atoms with van der Waals surface area (Å²) in [5.41, 5.74) is 6.66. The highest BCUT2D eigenvalue weighted by atomic mass is 16.2. The first kappa shape index (κ1) is 20.5. The van der Waals surface area contributed by atoms with E-state index >= 15 is 0 Å². The molecule has 4 aromatic carbocycles. The number of anilines is 3. The van der Waals surface area contributed by atoms with Gasteiger partial charge in [0.05, 0.1) is 22.6 Å². The lowest BCUT2D eigenvalue weighted by Gasteiger charge is -2.11. The summed E-state index contributed by atoms with van der Waals surface area (Å²) in [5, 5.41) is 9.13. The highest BCUT2D eigenvalue weighted by molar-refractivity contribution is 6.12. The topological polar surface area (TPSA) is 70.2 Å². The van der Waals surface area contributed by atoms with Crippen molar-refractivity contribution in [3.05, 3.63) is 114 Å². The Balaban J connectivity index is 1.21. The van der Waals surface area contributed by atoms with Gasteiger partial charge in [0, 0.05) is 12.1 Å². The van der Waals surface area contributed by atoms with Crippen molar-refractivity contribution in [3.63, 3.8) is 0 Å². The Hall–Kier alpha value is -4.38. The Morgan fingerprint density at radius 1 is 0.697 bits per heavy atom. The Bertz CT molecular complexity index is 1310. The van der Waals surface area contributed by atoms with Crippen molar-refractivity contribution < 1.29 is 9.59 Å². The molecule has 0 saturated heterocycles.